The summed E-state index contributed by atoms with van der Waals surface area (Å²) >= 11 is 3.32. The molecule has 0 saturated heterocycles. The molecular formula is C13H15BrFN3. The molecular weight excluding hydrogens is 297 g/mol. The molecule has 0 bridgehead atoms. The summed E-state index contributed by atoms with van der Waals surface area (Å²) in [6.07, 6.45) is 1.74. The maximum Gasteiger partial charge on any atom is 0.137 e. The van der Waals surface area contributed by atoms with Gasteiger partial charge in [0, 0.05) is 13.2 Å². The van der Waals surface area contributed by atoms with E-state index in [1.807, 2.05) is 26.1 Å². The normalized spacial score (nSPS) is 12.7. The minimum atomic E-state index is -0.252. The van der Waals surface area contributed by atoms with E-state index in [1.54, 1.807) is 16.9 Å². The number of rotatable bonds is 4. The highest BCUT2D eigenvalue weighted by Crippen LogP contribution is 2.30. The monoisotopic (exact) mass is 311 g/mol. The third-order valence-electron chi connectivity index (χ3n) is 2.86. The van der Waals surface area contributed by atoms with E-state index in [4.69, 9.17) is 0 Å². The fraction of sp³-hybridized carbons (Fsp3) is 0.308. The first-order valence-electron chi connectivity index (χ1n) is 5.80. The van der Waals surface area contributed by atoms with Gasteiger partial charge in [-0.25, -0.2) is 4.39 Å². The molecule has 5 heteroatoms. The predicted octanol–water partition coefficient (Wildman–Crippen LogP) is 3.02. The molecule has 2 aromatic rings. The van der Waals surface area contributed by atoms with Gasteiger partial charge in [-0.2, -0.15) is 5.10 Å². The quantitative estimate of drug-likeness (QED) is 0.940. The molecule has 2 rings (SSSR count). The van der Waals surface area contributed by atoms with Crippen LogP contribution in [0.25, 0.3) is 0 Å². The van der Waals surface area contributed by atoms with E-state index in [1.165, 1.54) is 6.07 Å². The molecule has 1 aromatic carbocycles. The van der Waals surface area contributed by atoms with Crippen LogP contribution in [-0.4, -0.2) is 16.3 Å². The minimum absolute atomic E-state index is 0.0763. The Balaban J connectivity index is 2.48. The summed E-state index contributed by atoms with van der Waals surface area (Å²) in [6.45, 7) is 2.81. The molecule has 0 radical (unpaired) electrons. The van der Waals surface area contributed by atoms with Gasteiger partial charge in [-0.15, -0.1) is 0 Å². The van der Waals surface area contributed by atoms with Crippen LogP contribution in [0.2, 0.25) is 0 Å². The highest BCUT2D eigenvalue weighted by atomic mass is 79.9. The van der Waals surface area contributed by atoms with Gasteiger partial charge < -0.3 is 5.32 Å². The van der Waals surface area contributed by atoms with Gasteiger partial charge in [-0.05, 0) is 40.2 Å². The second-order valence-corrected chi connectivity index (χ2v) is 4.81. The molecule has 1 N–H and O–H groups in total. The maximum atomic E-state index is 13.6. The van der Waals surface area contributed by atoms with Crippen LogP contribution >= 0.6 is 15.9 Å². The van der Waals surface area contributed by atoms with Gasteiger partial charge in [0.2, 0.25) is 0 Å². The zero-order chi connectivity index (χ0) is 13.1. The van der Waals surface area contributed by atoms with Crippen LogP contribution in [0.15, 0.2) is 34.9 Å². The summed E-state index contributed by atoms with van der Waals surface area (Å²) in [6, 6.07) is 6.93. The SMILES string of the molecule is CCNC(c1cccc(F)c1Br)c1ccnn1C. The summed E-state index contributed by atoms with van der Waals surface area (Å²) in [5.41, 5.74) is 1.88. The van der Waals surface area contributed by atoms with Crippen LogP contribution in [0.1, 0.15) is 24.2 Å². The number of nitrogens with one attached hydrogen (secondary N) is 1. The number of nitrogens with zero attached hydrogens (tertiary/aromatic N) is 2. The van der Waals surface area contributed by atoms with Gasteiger partial charge in [-0.1, -0.05) is 19.1 Å². The van der Waals surface area contributed by atoms with Crippen LogP contribution in [0.3, 0.4) is 0 Å². The van der Waals surface area contributed by atoms with Crippen molar-refractivity contribution in [3.05, 3.63) is 52.0 Å². The number of aryl methyl sites for hydroxylation is 1. The van der Waals surface area contributed by atoms with Crippen LogP contribution in [0, 0.1) is 5.82 Å². The van der Waals surface area contributed by atoms with E-state index < -0.39 is 0 Å². The molecule has 0 spiro atoms. The van der Waals surface area contributed by atoms with E-state index in [0.29, 0.717) is 4.47 Å². The van der Waals surface area contributed by atoms with Crippen molar-refractivity contribution < 1.29 is 4.39 Å². The Morgan fingerprint density at radius 3 is 2.83 bits per heavy atom. The van der Waals surface area contributed by atoms with E-state index in [9.17, 15) is 4.39 Å². The minimum Gasteiger partial charge on any atom is -0.305 e. The zero-order valence-corrected chi connectivity index (χ0v) is 11.9. The first kappa shape index (κ1) is 13.2. The summed E-state index contributed by atoms with van der Waals surface area (Å²) in [5.74, 6) is -0.252. The molecule has 96 valence electrons. The molecule has 0 amide bonds. The standard InChI is InChI=1S/C13H15BrFN3/c1-3-16-13(11-7-8-17-18(11)2)9-5-4-6-10(15)12(9)14/h4-8,13,16H,3H2,1-2H3. The molecule has 0 aliphatic rings. The van der Waals surface area contributed by atoms with E-state index in [-0.39, 0.29) is 11.9 Å². The average molecular weight is 312 g/mol. The highest BCUT2D eigenvalue weighted by Gasteiger charge is 2.20. The molecule has 0 aliphatic heterocycles. The van der Waals surface area contributed by atoms with Crippen molar-refractivity contribution in [3.8, 4) is 0 Å². The molecule has 1 unspecified atom stereocenters. The third kappa shape index (κ3) is 2.47. The maximum absolute atomic E-state index is 13.6. The van der Waals surface area contributed by atoms with Gasteiger partial charge in [0.1, 0.15) is 5.82 Å². The number of aromatic nitrogens is 2. The fourth-order valence-corrected chi connectivity index (χ4v) is 2.48. The lowest BCUT2D eigenvalue weighted by atomic mass is 10.0. The Bertz CT molecular complexity index is 539. The second-order valence-electron chi connectivity index (χ2n) is 4.01. The molecule has 1 atom stereocenters. The zero-order valence-electron chi connectivity index (χ0n) is 10.3. The number of hydrogen-bond acceptors (Lipinski definition) is 2. The number of halogens is 2. The van der Waals surface area contributed by atoms with Gasteiger partial charge in [-0.3, -0.25) is 4.68 Å². The van der Waals surface area contributed by atoms with Crippen molar-refractivity contribution in [1.29, 1.82) is 0 Å². The third-order valence-corrected chi connectivity index (χ3v) is 3.69. The van der Waals surface area contributed by atoms with Crippen LogP contribution in [0.5, 0.6) is 0 Å². The van der Waals surface area contributed by atoms with Gasteiger partial charge in [0.05, 0.1) is 16.2 Å². The van der Waals surface area contributed by atoms with Crippen molar-refractivity contribution in [3.63, 3.8) is 0 Å². The smallest absolute Gasteiger partial charge is 0.137 e. The Kier molecular flexibility index (Phi) is 4.14. The largest absolute Gasteiger partial charge is 0.305 e. The first-order chi connectivity index (χ1) is 8.65. The second kappa shape index (κ2) is 5.63. The summed E-state index contributed by atoms with van der Waals surface area (Å²) in [5, 5.41) is 7.52. The Labute approximate surface area is 114 Å². The van der Waals surface area contributed by atoms with Gasteiger partial charge in [0.15, 0.2) is 0 Å². The fourth-order valence-electron chi connectivity index (χ4n) is 1.99. The molecule has 0 fully saturated rings. The number of benzene rings is 1. The first-order valence-corrected chi connectivity index (χ1v) is 6.59. The van der Waals surface area contributed by atoms with E-state index >= 15 is 0 Å². The average Bonchev–Trinajstić information content (AvgIpc) is 2.76. The van der Waals surface area contributed by atoms with Crippen molar-refractivity contribution >= 4 is 15.9 Å². The van der Waals surface area contributed by atoms with Crippen molar-refractivity contribution in [2.45, 2.75) is 13.0 Å². The predicted molar refractivity (Wildman–Crippen MR) is 72.8 cm³/mol. The lowest BCUT2D eigenvalue weighted by Crippen LogP contribution is -2.24. The van der Waals surface area contributed by atoms with E-state index in [2.05, 4.69) is 26.3 Å². The van der Waals surface area contributed by atoms with Crippen LogP contribution < -0.4 is 5.32 Å². The summed E-state index contributed by atoms with van der Waals surface area (Å²) in [4.78, 5) is 0. The molecule has 1 heterocycles. The van der Waals surface area contributed by atoms with Crippen molar-refractivity contribution in [2.75, 3.05) is 6.54 Å². The van der Waals surface area contributed by atoms with Gasteiger partial charge >= 0.3 is 0 Å². The lowest BCUT2D eigenvalue weighted by Gasteiger charge is -2.20. The van der Waals surface area contributed by atoms with Crippen LogP contribution in [-0.2, 0) is 7.05 Å². The molecule has 0 saturated carbocycles. The number of hydrogen-bond donors (Lipinski definition) is 1. The summed E-state index contributed by atoms with van der Waals surface area (Å²) < 4.78 is 15.9. The Morgan fingerprint density at radius 1 is 1.44 bits per heavy atom. The highest BCUT2D eigenvalue weighted by molar-refractivity contribution is 9.10. The molecule has 1 aromatic heterocycles. The van der Waals surface area contributed by atoms with Crippen LogP contribution in [0.4, 0.5) is 4.39 Å². The summed E-state index contributed by atoms with van der Waals surface area (Å²) in [7, 11) is 1.88. The van der Waals surface area contributed by atoms with Gasteiger partial charge in [0.25, 0.3) is 0 Å². The van der Waals surface area contributed by atoms with Crippen molar-refractivity contribution in [1.82, 2.24) is 15.1 Å². The molecule has 18 heavy (non-hydrogen) atoms. The van der Waals surface area contributed by atoms with Crippen molar-refractivity contribution in [2.24, 2.45) is 7.05 Å². The van der Waals surface area contributed by atoms with E-state index in [0.717, 1.165) is 17.8 Å². The lowest BCUT2D eigenvalue weighted by molar-refractivity contribution is 0.560. The molecule has 0 aliphatic carbocycles. The Morgan fingerprint density at radius 2 is 2.22 bits per heavy atom. The topological polar surface area (TPSA) is 29.9 Å². The molecule has 3 nitrogen and oxygen atoms in total. The Hall–Kier alpha value is -1.20.